The third-order valence-electron chi connectivity index (χ3n) is 3.25. The van der Waals surface area contributed by atoms with Gasteiger partial charge in [-0.05, 0) is 43.2 Å². The second kappa shape index (κ2) is 7.22. The average Bonchev–Trinajstić information content (AvgIpc) is 2.54. The molecule has 0 saturated heterocycles. The van der Waals surface area contributed by atoms with E-state index >= 15 is 0 Å². The van der Waals surface area contributed by atoms with Crippen molar-refractivity contribution in [1.82, 2.24) is 9.71 Å². The molecule has 120 valence electrons. The molecule has 1 heterocycles. The summed E-state index contributed by atoms with van der Waals surface area (Å²) in [6.45, 7) is 4.25. The van der Waals surface area contributed by atoms with E-state index in [-0.39, 0.29) is 6.54 Å². The lowest BCUT2D eigenvalue weighted by molar-refractivity contribution is 0.582. The molecule has 0 saturated carbocycles. The van der Waals surface area contributed by atoms with Gasteiger partial charge in [-0.25, -0.2) is 18.1 Å². The molecule has 1 aromatic carbocycles. The first-order valence-electron chi connectivity index (χ1n) is 7.09. The Bertz CT molecular complexity index is 824. The molecule has 0 aliphatic carbocycles. The van der Waals surface area contributed by atoms with Gasteiger partial charge < -0.3 is 5.32 Å². The van der Waals surface area contributed by atoms with E-state index < -0.39 is 10.0 Å². The zero-order valence-corrected chi connectivity index (χ0v) is 13.8. The maximum atomic E-state index is 12.3. The van der Waals surface area contributed by atoms with Crippen LogP contribution in [0.15, 0.2) is 41.4 Å². The Labute approximate surface area is 136 Å². The SMILES string of the molecule is Cc1ccc(C)c(S(=O)(=O)NCCNc2ccc(C#N)cn2)c1. The van der Waals surface area contributed by atoms with Gasteiger partial charge in [-0.2, -0.15) is 5.26 Å². The second-order valence-electron chi connectivity index (χ2n) is 5.14. The maximum Gasteiger partial charge on any atom is 0.240 e. The van der Waals surface area contributed by atoms with E-state index in [4.69, 9.17) is 5.26 Å². The van der Waals surface area contributed by atoms with Crippen molar-refractivity contribution >= 4 is 15.8 Å². The summed E-state index contributed by atoms with van der Waals surface area (Å²) in [7, 11) is -3.53. The molecule has 0 unspecified atom stereocenters. The first kappa shape index (κ1) is 16.9. The Morgan fingerprint density at radius 2 is 1.96 bits per heavy atom. The summed E-state index contributed by atoms with van der Waals surface area (Å²) in [4.78, 5) is 4.36. The normalized spacial score (nSPS) is 11.0. The molecule has 0 bridgehead atoms. The summed E-state index contributed by atoms with van der Waals surface area (Å²) in [5.74, 6) is 0.593. The number of aromatic nitrogens is 1. The van der Waals surface area contributed by atoms with Gasteiger partial charge >= 0.3 is 0 Å². The smallest absolute Gasteiger partial charge is 0.240 e. The van der Waals surface area contributed by atoms with Crippen LogP contribution in [-0.4, -0.2) is 26.5 Å². The number of nitrogens with one attached hydrogen (secondary N) is 2. The van der Waals surface area contributed by atoms with Crippen LogP contribution in [0.25, 0.3) is 0 Å². The van der Waals surface area contributed by atoms with E-state index in [0.717, 1.165) is 5.56 Å². The third kappa shape index (κ3) is 4.52. The minimum absolute atomic E-state index is 0.234. The van der Waals surface area contributed by atoms with Crippen LogP contribution in [0.1, 0.15) is 16.7 Å². The molecule has 0 spiro atoms. The van der Waals surface area contributed by atoms with Gasteiger partial charge in [-0.15, -0.1) is 0 Å². The first-order chi connectivity index (χ1) is 10.9. The van der Waals surface area contributed by atoms with E-state index in [2.05, 4.69) is 15.0 Å². The van der Waals surface area contributed by atoms with E-state index in [1.165, 1.54) is 6.20 Å². The van der Waals surface area contributed by atoms with Gasteiger partial charge in [-0.1, -0.05) is 12.1 Å². The fourth-order valence-corrected chi connectivity index (χ4v) is 3.37. The number of sulfonamides is 1. The quantitative estimate of drug-likeness (QED) is 0.790. The molecular weight excluding hydrogens is 312 g/mol. The fraction of sp³-hybridized carbons (Fsp3) is 0.250. The van der Waals surface area contributed by atoms with Crippen molar-refractivity contribution < 1.29 is 8.42 Å². The van der Waals surface area contributed by atoms with Gasteiger partial charge in [0.15, 0.2) is 0 Å². The molecule has 0 aliphatic rings. The topological polar surface area (TPSA) is 94.9 Å². The lowest BCUT2D eigenvalue weighted by atomic mass is 10.2. The van der Waals surface area contributed by atoms with Gasteiger partial charge in [0.1, 0.15) is 11.9 Å². The molecule has 1 aromatic heterocycles. The Balaban J connectivity index is 1.92. The van der Waals surface area contributed by atoms with Crippen LogP contribution in [0.5, 0.6) is 0 Å². The summed E-state index contributed by atoms with van der Waals surface area (Å²) < 4.78 is 27.2. The molecule has 6 nitrogen and oxygen atoms in total. The highest BCUT2D eigenvalue weighted by atomic mass is 32.2. The highest BCUT2D eigenvalue weighted by Crippen LogP contribution is 2.16. The zero-order chi connectivity index (χ0) is 16.9. The molecule has 2 aromatic rings. The molecule has 0 radical (unpaired) electrons. The number of hydrogen-bond donors (Lipinski definition) is 2. The van der Waals surface area contributed by atoms with E-state index in [9.17, 15) is 8.42 Å². The summed E-state index contributed by atoms with van der Waals surface area (Å²) in [5, 5.41) is 11.7. The Morgan fingerprint density at radius 1 is 1.17 bits per heavy atom. The van der Waals surface area contributed by atoms with Crippen LogP contribution in [0.3, 0.4) is 0 Å². The van der Waals surface area contributed by atoms with Crippen LogP contribution < -0.4 is 10.0 Å². The van der Waals surface area contributed by atoms with Crippen molar-refractivity contribution in [2.45, 2.75) is 18.7 Å². The van der Waals surface area contributed by atoms with E-state index in [1.807, 2.05) is 19.1 Å². The van der Waals surface area contributed by atoms with E-state index in [1.54, 1.807) is 31.2 Å². The lowest BCUT2D eigenvalue weighted by Crippen LogP contribution is -2.29. The third-order valence-corrected chi connectivity index (χ3v) is 4.85. The summed E-state index contributed by atoms with van der Waals surface area (Å²) in [6, 6.07) is 10.6. The van der Waals surface area contributed by atoms with Crippen molar-refractivity contribution in [3.8, 4) is 6.07 Å². The van der Waals surface area contributed by atoms with Crippen LogP contribution in [-0.2, 0) is 10.0 Å². The van der Waals surface area contributed by atoms with E-state index in [0.29, 0.717) is 28.4 Å². The van der Waals surface area contributed by atoms with Crippen molar-refractivity contribution in [2.75, 3.05) is 18.4 Å². The molecule has 0 fully saturated rings. The van der Waals surface area contributed by atoms with Crippen LogP contribution in [0, 0.1) is 25.2 Å². The number of aryl methyl sites for hydroxylation is 2. The van der Waals surface area contributed by atoms with Crippen LogP contribution in [0.4, 0.5) is 5.82 Å². The number of hydrogen-bond acceptors (Lipinski definition) is 5. The highest BCUT2D eigenvalue weighted by molar-refractivity contribution is 7.89. The van der Waals surface area contributed by atoms with Gasteiger partial charge in [0.25, 0.3) is 0 Å². The molecule has 2 rings (SSSR count). The molecule has 2 N–H and O–H groups in total. The minimum atomic E-state index is -3.53. The monoisotopic (exact) mass is 330 g/mol. The highest BCUT2D eigenvalue weighted by Gasteiger charge is 2.16. The number of nitrogens with zero attached hydrogens (tertiary/aromatic N) is 2. The first-order valence-corrected chi connectivity index (χ1v) is 8.57. The summed E-state index contributed by atoms with van der Waals surface area (Å²) in [5.41, 5.74) is 2.09. The van der Waals surface area contributed by atoms with Crippen LogP contribution >= 0.6 is 0 Å². The maximum absolute atomic E-state index is 12.3. The molecule has 0 amide bonds. The molecule has 0 atom stereocenters. The van der Waals surface area contributed by atoms with Gasteiger partial charge in [0.2, 0.25) is 10.0 Å². The number of nitriles is 1. The standard InChI is InChI=1S/C16H18N4O2S/c1-12-3-4-13(2)15(9-12)23(21,22)20-8-7-18-16-6-5-14(10-17)11-19-16/h3-6,9,11,20H,7-8H2,1-2H3,(H,18,19). The summed E-state index contributed by atoms with van der Waals surface area (Å²) in [6.07, 6.45) is 1.46. The lowest BCUT2D eigenvalue weighted by Gasteiger charge is -2.11. The number of rotatable bonds is 6. The predicted octanol–water partition coefficient (Wildman–Crippen LogP) is 1.96. The van der Waals surface area contributed by atoms with Gasteiger partial charge in [0, 0.05) is 19.3 Å². The van der Waals surface area contributed by atoms with Crippen LogP contribution in [0.2, 0.25) is 0 Å². The molecular formula is C16H18N4O2S. The van der Waals surface area contributed by atoms with Crippen molar-refractivity contribution in [1.29, 1.82) is 5.26 Å². The Morgan fingerprint density at radius 3 is 2.61 bits per heavy atom. The largest absolute Gasteiger partial charge is 0.369 e. The molecule has 0 aliphatic heterocycles. The zero-order valence-electron chi connectivity index (χ0n) is 13.0. The number of anilines is 1. The van der Waals surface area contributed by atoms with Gasteiger partial charge in [-0.3, -0.25) is 0 Å². The predicted molar refractivity (Wildman–Crippen MR) is 88.5 cm³/mol. The molecule has 7 heteroatoms. The Hall–Kier alpha value is -2.43. The average molecular weight is 330 g/mol. The molecule has 23 heavy (non-hydrogen) atoms. The number of benzene rings is 1. The fourth-order valence-electron chi connectivity index (χ4n) is 2.02. The summed E-state index contributed by atoms with van der Waals surface area (Å²) >= 11 is 0. The Kier molecular flexibility index (Phi) is 5.32. The second-order valence-corrected chi connectivity index (χ2v) is 6.87. The van der Waals surface area contributed by atoms with Gasteiger partial charge in [0.05, 0.1) is 10.5 Å². The number of pyridine rings is 1. The van der Waals surface area contributed by atoms with Crippen molar-refractivity contribution in [3.63, 3.8) is 0 Å². The minimum Gasteiger partial charge on any atom is -0.369 e. The van der Waals surface area contributed by atoms with Crippen molar-refractivity contribution in [2.24, 2.45) is 0 Å². The van der Waals surface area contributed by atoms with Crippen molar-refractivity contribution in [3.05, 3.63) is 53.2 Å².